The van der Waals surface area contributed by atoms with E-state index in [9.17, 15) is 4.79 Å². The van der Waals surface area contributed by atoms with E-state index in [1.54, 1.807) is 6.20 Å². The highest BCUT2D eigenvalue weighted by Gasteiger charge is 2.21. The number of nitrogens with zero attached hydrogens (tertiary/aromatic N) is 2. The summed E-state index contributed by atoms with van der Waals surface area (Å²) in [5, 5.41) is 14.0. The van der Waals surface area contributed by atoms with Gasteiger partial charge in [-0.15, -0.1) is 11.3 Å². The van der Waals surface area contributed by atoms with Crippen LogP contribution in [0.1, 0.15) is 12.8 Å². The lowest BCUT2D eigenvalue weighted by atomic mass is 10.1. The highest BCUT2D eigenvalue weighted by Crippen LogP contribution is 2.14. The smallest absolute Gasteiger partial charge is 0.240 e. The molecule has 1 aliphatic rings. The second kappa shape index (κ2) is 7.54. The number of aromatic nitrogens is 1. The number of piperidine rings is 1. The van der Waals surface area contributed by atoms with Crippen LogP contribution in [0, 0.1) is 0 Å². The SMILES string of the molecule is O=C(CN1CCC(OCCO)CC1)Nc1nccs1. The largest absolute Gasteiger partial charge is 0.394 e. The zero-order valence-electron chi connectivity index (χ0n) is 10.7. The van der Waals surface area contributed by atoms with Crippen molar-refractivity contribution in [2.75, 3.05) is 38.2 Å². The van der Waals surface area contributed by atoms with Crippen LogP contribution in [0.4, 0.5) is 5.13 Å². The first-order chi connectivity index (χ1) is 9.28. The third-order valence-corrected chi connectivity index (χ3v) is 3.71. The van der Waals surface area contributed by atoms with E-state index >= 15 is 0 Å². The zero-order chi connectivity index (χ0) is 13.5. The van der Waals surface area contributed by atoms with Crippen LogP contribution in [0.25, 0.3) is 0 Å². The van der Waals surface area contributed by atoms with E-state index in [0.717, 1.165) is 25.9 Å². The van der Waals surface area contributed by atoms with Gasteiger partial charge in [0.2, 0.25) is 5.91 Å². The Kier molecular flexibility index (Phi) is 5.71. The number of likely N-dealkylation sites (tertiary alicyclic amines) is 1. The molecule has 2 heterocycles. The van der Waals surface area contributed by atoms with Crippen LogP contribution in [-0.4, -0.2) is 59.8 Å². The number of hydrogen-bond acceptors (Lipinski definition) is 6. The Balaban J connectivity index is 1.66. The van der Waals surface area contributed by atoms with E-state index in [1.165, 1.54) is 11.3 Å². The van der Waals surface area contributed by atoms with E-state index in [0.29, 0.717) is 18.3 Å². The van der Waals surface area contributed by atoms with Crippen LogP contribution in [0.15, 0.2) is 11.6 Å². The number of carbonyl (C=O) groups excluding carboxylic acids is 1. The number of rotatable bonds is 6. The van der Waals surface area contributed by atoms with Crippen molar-refractivity contribution in [2.24, 2.45) is 0 Å². The first-order valence-corrected chi connectivity index (χ1v) is 7.30. The van der Waals surface area contributed by atoms with E-state index in [4.69, 9.17) is 9.84 Å². The van der Waals surface area contributed by atoms with Crippen molar-refractivity contribution in [3.63, 3.8) is 0 Å². The topological polar surface area (TPSA) is 74.7 Å². The number of aliphatic hydroxyl groups excluding tert-OH is 1. The van der Waals surface area contributed by atoms with Crippen LogP contribution in [0.5, 0.6) is 0 Å². The quantitative estimate of drug-likeness (QED) is 0.798. The van der Waals surface area contributed by atoms with Crippen LogP contribution in [0.2, 0.25) is 0 Å². The van der Waals surface area contributed by atoms with Crippen LogP contribution >= 0.6 is 11.3 Å². The monoisotopic (exact) mass is 285 g/mol. The summed E-state index contributed by atoms with van der Waals surface area (Å²) >= 11 is 1.42. The zero-order valence-corrected chi connectivity index (χ0v) is 11.6. The summed E-state index contributed by atoms with van der Waals surface area (Å²) in [6.07, 6.45) is 3.70. The molecule has 2 N–H and O–H groups in total. The number of thiazole rings is 1. The summed E-state index contributed by atoms with van der Waals surface area (Å²) in [4.78, 5) is 17.9. The van der Waals surface area contributed by atoms with Crippen molar-refractivity contribution < 1.29 is 14.6 Å². The average molecular weight is 285 g/mol. The number of aliphatic hydroxyl groups is 1. The van der Waals surface area contributed by atoms with Gasteiger partial charge in [-0.25, -0.2) is 4.98 Å². The van der Waals surface area contributed by atoms with Crippen molar-refractivity contribution in [2.45, 2.75) is 18.9 Å². The molecule has 6 nitrogen and oxygen atoms in total. The molecule has 0 aliphatic carbocycles. The van der Waals surface area contributed by atoms with Gasteiger partial charge in [0.15, 0.2) is 5.13 Å². The van der Waals surface area contributed by atoms with Gasteiger partial charge in [-0.05, 0) is 12.8 Å². The maximum atomic E-state index is 11.8. The first kappa shape index (κ1) is 14.4. The van der Waals surface area contributed by atoms with E-state index in [2.05, 4.69) is 15.2 Å². The van der Waals surface area contributed by atoms with Gasteiger partial charge in [0.1, 0.15) is 0 Å². The fraction of sp³-hybridized carbons (Fsp3) is 0.667. The summed E-state index contributed by atoms with van der Waals surface area (Å²) < 4.78 is 5.49. The minimum atomic E-state index is -0.0234. The Morgan fingerprint density at radius 2 is 2.37 bits per heavy atom. The van der Waals surface area contributed by atoms with Crippen LogP contribution < -0.4 is 5.32 Å². The van der Waals surface area contributed by atoms with E-state index in [-0.39, 0.29) is 18.6 Å². The standard InChI is InChI=1S/C12H19N3O3S/c16-6-7-18-10-1-4-15(5-2-10)9-11(17)14-12-13-3-8-19-12/h3,8,10,16H,1-2,4-7,9H2,(H,13,14,17). The molecule has 106 valence electrons. The molecule has 0 saturated carbocycles. The summed E-state index contributed by atoms with van der Waals surface area (Å²) in [6.45, 7) is 2.56. The third-order valence-electron chi connectivity index (χ3n) is 3.03. The Morgan fingerprint density at radius 3 is 3.00 bits per heavy atom. The molecule has 1 fully saturated rings. The molecule has 0 unspecified atom stereocenters. The number of nitrogens with one attached hydrogen (secondary N) is 1. The van der Waals surface area contributed by atoms with E-state index in [1.807, 2.05) is 5.38 Å². The molecule has 2 rings (SSSR count). The fourth-order valence-corrected chi connectivity index (χ4v) is 2.65. The minimum Gasteiger partial charge on any atom is -0.394 e. The lowest BCUT2D eigenvalue weighted by Crippen LogP contribution is -2.41. The minimum absolute atomic E-state index is 0.0234. The lowest BCUT2D eigenvalue weighted by Gasteiger charge is -2.31. The molecule has 0 bridgehead atoms. The predicted molar refractivity (Wildman–Crippen MR) is 73.2 cm³/mol. The highest BCUT2D eigenvalue weighted by atomic mass is 32.1. The van der Waals surface area contributed by atoms with Crippen LogP contribution in [0.3, 0.4) is 0 Å². The second-order valence-electron chi connectivity index (χ2n) is 4.46. The van der Waals surface area contributed by atoms with Crippen molar-refractivity contribution in [1.82, 2.24) is 9.88 Å². The van der Waals surface area contributed by atoms with Crippen molar-refractivity contribution >= 4 is 22.4 Å². The average Bonchev–Trinajstić information content (AvgIpc) is 2.90. The van der Waals surface area contributed by atoms with Gasteiger partial charge in [-0.2, -0.15) is 0 Å². The molecule has 1 aromatic heterocycles. The molecule has 0 atom stereocenters. The molecular formula is C12H19N3O3S. The first-order valence-electron chi connectivity index (χ1n) is 6.42. The number of hydrogen-bond donors (Lipinski definition) is 2. The van der Waals surface area contributed by atoms with Gasteiger partial charge < -0.3 is 15.2 Å². The molecule has 0 radical (unpaired) electrons. The van der Waals surface area contributed by atoms with Crippen molar-refractivity contribution in [3.8, 4) is 0 Å². The number of anilines is 1. The number of amides is 1. The fourth-order valence-electron chi connectivity index (χ4n) is 2.10. The highest BCUT2D eigenvalue weighted by molar-refractivity contribution is 7.13. The maximum absolute atomic E-state index is 11.8. The Labute approximate surface area is 116 Å². The molecular weight excluding hydrogens is 266 g/mol. The molecule has 1 saturated heterocycles. The Hall–Kier alpha value is -1.02. The normalized spacial score (nSPS) is 17.5. The third kappa shape index (κ3) is 4.87. The van der Waals surface area contributed by atoms with Gasteiger partial charge in [0, 0.05) is 24.7 Å². The molecule has 0 aromatic carbocycles. The summed E-state index contributed by atoms with van der Waals surface area (Å²) in [7, 11) is 0. The van der Waals surface area contributed by atoms with Crippen LogP contribution in [-0.2, 0) is 9.53 Å². The number of carbonyl (C=O) groups is 1. The predicted octanol–water partition coefficient (Wildman–Crippen LogP) is 0.555. The summed E-state index contributed by atoms with van der Waals surface area (Å²) in [5.74, 6) is -0.0234. The van der Waals surface area contributed by atoms with Crippen molar-refractivity contribution in [3.05, 3.63) is 11.6 Å². The molecule has 1 aliphatic heterocycles. The van der Waals surface area contributed by atoms with E-state index < -0.39 is 0 Å². The Morgan fingerprint density at radius 1 is 1.58 bits per heavy atom. The maximum Gasteiger partial charge on any atom is 0.240 e. The molecule has 0 spiro atoms. The number of ether oxygens (including phenoxy) is 1. The van der Waals surface area contributed by atoms with Gasteiger partial charge in [0.05, 0.1) is 25.9 Å². The second-order valence-corrected chi connectivity index (χ2v) is 5.35. The van der Waals surface area contributed by atoms with Gasteiger partial charge >= 0.3 is 0 Å². The summed E-state index contributed by atoms with van der Waals surface area (Å²) in [6, 6.07) is 0. The molecule has 19 heavy (non-hydrogen) atoms. The molecule has 1 aromatic rings. The van der Waals surface area contributed by atoms with Gasteiger partial charge in [-0.3, -0.25) is 9.69 Å². The lowest BCUT2D eigenvalue weighted by molar-refractivity contribution is -0.118. The molecule has 1 amide bonds. The van der Waals surface area contributed by atoms with Gasteiger partial charge in [-0.1, -0.05) is 0 Å². The Bertz CT molecular complexity index is 378. The van der Waals surface area contributed by atoms with Crippen molar-refractivity contribution in [1.29, 1.82) is 0 Å². The van der Waals surface area contributed by atoms with Gasteiger partial charge in [0.25, 0.3) is 0 Å². The molecule has 7 heteroatoms. The summed E-state index contributed by atoms with van der Waals surface area (Å²) in [5.41, 5.74) is 0.